The van der Waals surface area contributed by atoms with E-state index in [9.17, 15) is 4.79 Å². The zero-order valence-electron chi connectivity index (χ0n) is 7.34. The monoisotopic (exact) mass is 193 g/mol. The van der Waals surface area contributed by atoms with Crippen molar-refractivity contribution >= 4 is 17.6 Å². The van der Waals surface area contributed by atoms with E-state index in [0.717, 1.165) is 0 Å². The van der Waals surface area contributed by atoms with Crippen LogP contribution in [0.15, 0.2) is 12.4 Å². The molecule has 0 saturated carbocycles. The van der Waals surface area contributed by atoms with Gasteiger partial charge in [0, 0.05) is 12.4 Å². The minimum absolute atomic E-state index is 0.0157. The lowest BCUT2D eigenvalue weighted by atomic mass is 10.4. The Morgan fingerprint density at radius 3 is 3.07 bits per heavy atom. The van der Waals surface area contributed by atoms with Crippen LogP contribution >= 0.6 is 0 Å². The summed E-state index contributed by atoms with van der Waals surface area (Å²) in [7, 11) is 1.25. The maximum Gasteiger partial charge on any atom is 0.362 e. The largest absolute Gasteiger partial charge is 0.464 e. The number of hydrogen-bond acceptors (Lipinski definition) is 6. The molecule has 0 fully saturated rings. The van der Waals surface area contributed by atoms with E-state index in [1.165, 1.54) is 17.7 Å². The van der Waals surface area contributed by atoms with Crippen LogP contribution in [0, 0.1) is 0 Å². The number of nitrogens with zero attached hydrogens (tertiary/aromatic N) is 4. The topological polar surface area (TPSA) is 95.4 Å². The van der Waals surface area contributed by atoms with Gasteiger partial charge in [-0.05, 0) is 0 Å². The lowest BCUT2D eigenvalue weighted by Gasteiger charge is -2.02. The Morgan fingerprint density at radius 2 is 2.36 bits per heavy atom. The van der Waals surface area contributed by atoms with Gasteiger partial charge in [0.05, 0.1) is 7.11 Å². The number of anilines is 1. The second-order valence-corrected chi connectivity index (χ2v) is 2.52. The number of esters is 1. The molecule has 14 heavy (non-hydrogen) atoms. The van der Waals surface area contributed by atoms with Crippen LogP contribution in [-0.2, 0) is 4.74 Å². The number of methoxy groups -OCH3 is 1. The summed E-state index contributed by atoms with van der Waals surface area (Å²) in [5.74, 6) is -0.111. The summed E-state index contributed by atoms with van der Waals surface area (Å²) in [6, 6.07) is 0. The van der Waals surface area contributed by atoms with Crippen molar-refractivity contribution in [3.63, 3.8) is 0 Å². The third-order valence-corrected chi connectivity index (χ3v) is 1.74. The molecular formula is C7H7N5O2. The number of carbonyl (C=O) groups excluding carboxylic acids is 1. The first-order valence-corrected chi connectivity index (χ1v) is 3.77. The molecule has 2 aromatic rings. The van der Waals surface area contributed by atoms with Gasteiger partial charge in [-0.15, -0.1) is 10.2 Å². The highest BCUT2D eigenvalue weighted by atomic mass is 16.5. The molecule has 0 amide bonds. The summed E-state index contributed by atoms with van der Waals surface area (Å²) in [6.45, 7) is 0. The van der Waals surface area contributed by atoms with Crippen LogP contribution in [0.4, 0.5) is 5.82 Å². The van der Waals surface area contributed by atoms with Gasteiger partial charge in [-0.3, -0.25) is 4.40 Å². The van der Waals surface area contributed by atoms with E-state index in [1.54, 1.807) is 6.20 Å². The van der Waals surface area contributed by atoms with Gasteiger partial charge in [-0.1, -0.05) is 0 Å². The van der Waals surface area contributed by atoms with Crippen LogP contribution < -0.4 is 5.73 Å². The molecule has 2 heterocycles. The number of aromatic nitrogens is 4. The van der Waals surface area contributed by atoms with E-state index in [-0.39, 0.29) is 11.5 Å². The molecule has 0 aromatic carbocycles. The van der Waals surface area contributed by atoms with Gasteiger partial charge in [0.1, 0.15) is 5.82 Å². The minimum atomic E-state index is -0.620. The van der Waals surface area contributed by atoms with Gasteiger partial charge in [0.15, 0.2) is 0 Å². The second kappa shape index (κ2) is 2.95. The highest BCUT2D eigenvalue weighted by molar-refractivity contribution is 5.91. The Labute approximate surface area is 78.5 Å². The van der Waals surface area contributed by atoms with Crippen LogP contribution in [0.3, 0.4) is 0 Å². The summed E-state index contributed by atoms with van der Waals surface area (Å²) >= 11 is 0. The molecule has 0 atom stereocenters. The smallest absolute Gasteiger partial charge is 0.362 e. The molecule has 0 bridgehead atoms. The van der Waals surface area contributed by atoms with E-state index in [4.69, 9.17) is 5.73 Å². The standard InChI is InChI=1S/C7H7N5O2/c1-14-6(13)4-5(8)12-3-2-9-7(12)11-10-4/h2-3H,8H2,1H3. The van der Waals surface area contributed by atoms with Gasteiger partial charge in [0.25, 0.3) is 5.78 Å². The molecule has 0 aliphatic heterocycles. The lowest BCUT2D eigenvalue weighted by Crippen LogP contribution is -2.13. The van der Waals surface area contributed by atoms with Crippen molar-refractivity contribution in [1.29, 1.82) is 0 Å². The third kappa shape index (κ3) is 1.06. The SMILES string of the molecule is COC(=O)c1nnc2nccn2c1N. The highest BCUT2D eigenvalue weighted by Gasteiger charge is 2.15. The van der Waals surface area contributed by atoms with Crippen molar-refractivity contribution in [1.82, 2.24) is 19.6 Å². The predicted molar refractivity (Wildman–Crippen MR) is 46.5 cm³/mol. The fourth-order valence-electron chi connectivity index (χ4n) is 1.06. The number of imidazole rings is 1. The first-order valence-electron chi connectivity index (χ1n) is 3.77. The van der Waals surface area contributed by atoms with Gasteiger partial charge in [0.2, 0.25) is 5.69 Å². The molecule has 0 saturated heterocycles. The number of nitrogen functional groups attached to an aromatic ring is 1. The Hall–Kier alpha value is -2.18. The Balaban J connectivity index is 2.67. The van der Waals surface area contributed by atoms with Crippen molar-refractivity contribution in [3.05, 3.63) is 18.1 Å². The number of fused-ring (bicyclic) bond motifs is 1. The second-order valence-electron chi connectivity index (χ2n) is 2.52. The molecule has 0 spiro atoms. The van der Waals surface area contributed by atoms with E-state index >= 15 is 0 Å². The van der Waals surface area contributed by atoms with E-state index in [1.807, 2.05) is 0 Å². The van der Waals surface area contributed by atoms with Gasteiger partial charge in [-0.25, -0.2) is 9.78 Å². The number of carbonyl (C=O) groups is 1. The maximum atomic E-state index is 11.2. The number of nitrogens with two attached hydrogens (primary N) is 1. The summed E-state index contributed by atoms with van der Waals surface area (Å²) in [4.78, 5) is 15.0. The Morgan fingerprint density at radius 1 is 1.57 bits per heavy atom. The van der Waals surface area contributed by atoms with E-state index in [2.05, 4.69) is 19.9 Å². The number of rotatable bonds is 1. The molecule has 0 unspecified atom stereocenters. The molecule has 2 aromatic heterocycles. The van der Waals surface area contributed by atoms with Crippen molar-refractivity contribution in [2.45, 2.75) is 0 Å². The summed E-state index contributed by atoms with van der Waals surface area (Å²) in [5, 5.41) is 7.31. The normalized spacial score (nSPS) is 10.4. The van der Waals surface area contributed by atoms with Crippen molar-refractivity contribution < 1.29 is 9.53 Å². The molecule has 0 aliphatic rings. The molecule has 2 rings (SSSR count). The zero-order chi connectivity index (χ0) is 10.1. The van der Waals surface area contributed by atoms with E-state index < -0.39 is 5.97 Å². The first-order chi connectivity index (χ1) is 6.74. The van der Waals surface area contributed by atoms with Gasteiger partial charge >= 0.3 is 5.97 Å². The zero-order valence-corrected chi connectivity index (χ0v) is 7.34. The minimum Gasteiger partial charge on any atom is -0.464 e. The van der Waals surface area contributed by atoms with Gasteiger partial charge in [-0.2, -0.15) is 0 Å². The fourth-order valence-corrected chi connectivity index (χ4v) is 1.06. The van der Waals surface area contributed by atoms with Crippen LogP contribution in [0.1, 0.15) is 10.5 Å². The van der Waals surface area contributed by atoms with Crippen LogP contribution in [0.5, 0.6) is 0 Å². The van der Waals surface area contributed by atoms with Gasteiger partial charge < -0.3 is 10.5 Å². The quantitative estimate of drug-likeness (QED) is 0.613. The Kier molecular flexibility index (Phi) is 1.77. The third-order valence-electron chi connectivity index (χ3n) is 1.74. The molecule has 72 valence electrons. The number of ether oxygens (including phenoxy) is 1. The summed E-state index contributed by atoms with van der Waals surface area (Å²) in [6.07, 6.45) is 3.10. The summed E-state index contributed by atoms with van der Waals surface area (Å²) < 4.78 is 5.94. The van der Waals surface area contributed by atoms with Crippen molar-refractivity contribution in [2.24, 2.45) is 0 Å². The van der Waals surface area contributed by atoms with Crippen LogP contribution in [0.2, 0.25) is 0 Å². The van der Waals surface area contributed by atoms with Crippen LogP contribution in [-0.4, -0.2) is 32.7 Å². The van der Waals surface area contributed by atoms with Crippen LogP contribution in [0.25, 0.3) is 5.78 Å². The molecule has 2 N–H and O–H groups in total. The lowest BCUT2D eigenvalue weighted by molar-refractivity contribution is 0.0593. The first kappa shape index (κ1) is 8.42. The maximum absolute atomic E-state index is 11.2. The Bertz CT molecular complexity index is 492. The number of hydrogen-bond donors (Lipinski definition) is 1. The van der Waals surface area contributed by atoms with Crippen molar-refractivity contribution in [3.8, 4) is 0 Å². The molecular weight excluding hydrogens is 186 g/mol. The average Bonchev–Trinajstić information content (AvgIpc) is 2.66. The summed E-state index contributed by atoms with van der Waals surface area (Å²) in [5.41, 5.74) is 5.64. The van der Waals surface area contributed by atoms with E-state index in [0.29, 0.717) is 5.78 Å². The highest BCUT2D eigenvalue weighted by Crippen LogP contribution is 2.09. The molecule has 7 nitrogen and oxygen atoms in total. The average molecular weight is 193 g/mol. The van der Waals surface area contributed by atoms with Crippen molar-refractivity contribution in [2.75, 3.05) is 12.8 Å². The molecule has 7 heteroatoms. The molecule has 0 radical (unpaired) electrons. The fraction of sp³-hybridized carbons (Fsp3) is 0.143. The predicted octanol–water partition coefficient (Wildman–Crippen LogP) is -0.507. The molecule has 0 aliphatic carbocycles.